The van der Waals surface area contributed by atoms with E-state index in [0.717, 1.165) is 20.1 Å². The Morgan fingerprint density at radius 3 is 2.42 bits per heavy atom. The van der Waals surface area contributed by atoms with Crippen LogP contribution in [0.15, 0.2) is 39.3 Å². The average molecular weight is 408 g/mol. The van der Waals surface area contributed by atoms with E-state index in [2.05, 4.69) is 31.9 Å². The van der Waals surface area contributed by atoms with Crippen LogP contribution >= 0.6 is 43.5 Å². The van der Waals surface area contributed by atoms with E-state index in [0.29, 0.717) is 10.6 Å². The van der Waals surface area contributed by atoms with Gasteiger partial charge in [0.2, 0.25) is 0 Å². The lowest BCUT2D eigenvalue weighted by Gasteiger charge is -2.17. The number of aryl methyl sites for hydroxylation is 1. The molecular formula is C14H11Br2ClFN. The highest BCUT2D eigenvalue weighted by Gasteiger charge is 2.17. The second-order valence-electron chi connectivity index (χ2n) is 4.27. The summed E-state index contributed by atoms with van der Waals surface area (Å²) in [5.74, 6) is -0.370. The SMILES string of the molecule is Cc1cc(Br)c(C(N)c2ccc(F)cc2Cl)cc1Br. The summed E-state index contributed by atoms with van der Waals surface area (Å²) in [4.78, 5) is 0. The number of benzene rings is 2. The second-order valence-corrected chi connectivity index (χ2v) is 6.38. The summed E-state index contributed by atoms with van der Waals surface area (Å²) in [5.41, 5.74) is 8.92. The van der Waals surface area contributed by atoms with Gasteiger partial charge in [0.05, 0.1) is 6.04 Å². The third-order valence-electron chi connectivity index (χ3n) is 2.91. The molecule has 0 amide bonds. The van der Waals surface area contributed by atoms with Crippen molar-refractivity contribution in [1.82, 2.24) is 0 Å². The summed E-state index contributed by atoms with van der Waals surface area (Å²) in [6.45, 7) is 2.00. The first-order valence-electron chi connectivity index (χ1n) is 5.56. The fourth-order valence-corrected chi connectivity index (χ4v) is 3.17. The number of hydrogen-bond donors (Lipinski definition) is 1. The Bertz CT molecular complexity index is 631. The molecule has 2 aromatic carbocycles. The van der Waals surface area contributed by atoms with Crippen LogP contribution in [0.5, 0.6) is 0 Å². The van der Waals surface area contributed by atoms with Crippen molar-refractivity contribution in [3.8, 4) is 0 Å². The minimum atomic E-state index is -0.417. The van der Waals surface area contributed by atoms with Crippen LogP contribution in [0, 0.1) is 12.7 Å². The maximum absolute atomic E-state index is 13.1. The second kappa shape index (κ2) is 5.92. The zero-order valence-electron chi connectivity index (χ0n) is 10.1. The predicted molar refractivity (Wildman–Crippen MR) is 84.0 cm³/mol. The normalized spacial score (nSPS) is 12.5. The van der Waals surface area contributed by atoms with Crippen LogP contribution in [0.3, 0.4) is 0 Å². The van der Waals surface area contributed by atoms with Gasteiger partial charge in [0.15, 0.2) is 0 Å². The maximum atomic E-state index is 13.1. The molecule has 0 radical (unpaired) electrons. The van der Waals surface area contributed by atoms with Crippen LogP contribution in [0.25, 0.3) is 0 Å². The molecule has 19 heavy (non-hydrogen) atoms. The lowest BCUT2D eigenvalue weighted by atomic mass is 9.98. The van der Waals surface area contributed by atoms with Crippen molar-refractivity contribution in [3.63, 3.8) is 0 Å². The van der Waals surface area contributed by atoms with E-state index in [-0.39, 0.29) is 5.82 Å². The van der Waals surface area contributed by atoms with Gasteiger partial charge >= 0.3 is 0 Å². The highest BCUT2D eigenvalue weighted by atomic mass is 79.9. The van der Waals surface area contributed by atoms with Gasteiger partial charge < -0.3 is 5.73 Å². The molecule has 0 heterocycles. The van der Waals surface area contributed by atoms with Gasteiger partial charge in [0, 0.05) is 14.0 Å². The Balaban J connectivity index is 2.49. The summed E-state index contributed by atoms with van der Waals surface area (Å²) >= 11 is 13.0. The number of nitrogens with two attached hydrogens (primary N) is 1. The summed E-state index contributed by atoms with van der Waals surface area (Å²) in [7, 11) is 0. The van der Waals surface area contributed by atoms with E-state index in [1.165, 1.54) is 12.1 Å². The Morgan fingerprint density at radius 2 is 1.79 bits per heavy atom. The van der Waals surface area contributed by atoms with Gasteiger partial charge in [0.1, 0.15) is 5.82 Å². The first-order chi connectivity index (χ1) is 8.90. The van der Waals surface area contributed by atoms with Crippen molar-refractivity contribution in [1.29, 1.82) is 0 Å². The van der Waals surface area contributed by atoms with Crippen molar-refractivity contribution in [2.45, 2.75) is 13.0 Å². The quantitative estimate of drug-likeness (QED) is 0.713. The Hall–Kier alpha value is -0.420. The average Bonchev–Trinajstić information content (AvgIpc) is 2.33. The van der Waals surface area contributed by atoms with E-state index >= 15 is 0 Å². The van der Waals surface area contributed by atoms with Gasteiger partial charge in [-0.1, -0.05) is 49.5 Å². The van der Waals surface area contributed by atoms with Crippen molar-refractivity contribution in [2.24, 2.45) is 5.73 Å². The lowest BCUT2D eigenvalue weighted by molar-refractivity contribution is 0.626. The summed E-state index contributed by atoms with van der Waals surface area (Å²) in [5, 5.41) is 0.330. The van der Waals surface area contributed by atoms with Crippen molar-refractivity contribution < 1.29 is 4.39 Å². The van der Waals surface area contributed by atoms with Gasteiger partial charge in [-0.3, -0.25) is 0 Å². The highest BCUT2D eigenvalue weighted by Crippen LogP contribution is 2.34. The predicted octanol–water partition coefficient (Wildman–Crippen LogP) is 5.36. The van der Waals surface area contributed by atoms with Crippen molar-refractivity contribution in [3.05, 3.63) is 66.8 Å². The third-order valence-corrected chi connectivity index (χ3v) is 4.78. The minimum Gasteiger partial charge on any atom is -0.320 e. The van der Waals surface area contributed by atoms with Crippen LogP contribution in [-0.2, 0) is 0 Å². The zero-order chi connectivity index (χ0) is 14.2. The molecule has 1 nitrogen and oxygen atoms in total. The minimum absolute atomic E-state index is 0.330. The molecule has 0 saturated heterocycles. The topological polar surface area (TPSA) is 26.0 Å². The molecule has 0 spiro atoms. The summed E-state index contributed by atoms with van der Waals surface area (Å²) in [6.07, 6.45) is 0. The maximum Gasteiger partial charge on any atom is 0.124 e. The molecule has 0 aliphatic carbocycles. The monoisotopic (exact) mass is 405 g/mol. The smallest absolute Gasteiger partial charge is 0.124 e. The van der Waals surface area contributed by atoms with Gasteiger partial charge in [-0.15, -0.1) is 0 Å². The first-order valence-corrected chi connectivity index (χ1v) is 7.52. The van der Waals surface area contributed by atoms with E-state index < -0.39 is 6.04 Å². The molecule has 0 saturated carbocycles. The zero-order valence-corrected chi connectivity index (χ0v) is 14.0. The lowest BCUT2D eigenvalue weighted by Crippen LogP contribution is -2.13. The molecule has 100 valence electrons. The van der Waals surface area contributed by atoms with Gasteiger partial charge in [0.25, 0.3) is 0 Å². The summed E-state index contributed by atoms with van der Waals surface area (Å²) < 4.78 is 14.9. The molecule has 0 fully saturated rings. The van der Waals surface area contributed by atoms with E-state index in [1.54, 1.807) is 6.07 Å². The van der Waals surface area contributed by atoms with Crippen LogP contribution in [-0.4, -0.2) is 0 Å². The molecule has 2 aromatic rings. The van der Waals surface area contributed by atoms with Crippen LogP contribution < -0.4 is 5.73 Å². The first kappa shape index (κ1) is 15.0. The fourth-order valence-electron chi connectivity index (χ4n) is 1.82. The fraction of sp³-hybridized carbons (Fsp3) is 0.143. The third kappa shape index (κ3) is 3.19. The molecule has 0 aliphatic rings. The van der Waals surface area contributed by atoms with Crippen LogP contribution in [0.2, 0.25) is 5.02 Å². The van der Waals surface area contributed by atoms with Gasteiger partial charge in [-0.05, 0) is 47.9 Å². The van der Waals surface area contributed by atoms with Crippen molar-refractivity contribution in [2.75, 3.05) is 0 Å². The summed E-state index contributed by atoms with van der Waals surface area (Å²) in [6, 6.07) is 7.76. The molecule has 0 aliphatic heterocycles. The van der Waals surface area contributed by atoms with E-state index in [4.69, 9.17) is 17.3 Å². The molecule has 0 aromatic heterocycles. The van der Waals surface area contributed by atoms with E-state index in [9.17, 15) is 4.39 Å². The van der Waals surface area contributed by atoms with E-state index in [1.807, 2.05) is 19.1 Å². The number of rotatable bonds is 2. The Morgan fingerprint density at radius 1 is 1.11 bits per heavy atom. The van der Waals surface area contributed by atoms with Crippen LogP contribution in [0.4, 0.5) is 4.39 Å². The number of halogens is 4. The standard InChI is InChI=1S/C14H11Br2ClFN/c1-7-4-12(16)10(6-11(7)15)14(19)9-3-2-8(18)5-13(9)17/h2-6,14H,19H2,1H3. The number of hydrogen-bond acceptors (Lipinski definition) is 1. The molecule has 2 rings (SSSR count). The molecule has 1 unspecified atom stereocenters. The Labute approximate surface area is 133 Å². The van der Waals surface area contributed by atoms with Gasteiger partial charge in [-0.2, -0.15) is 0 Å². The molecule has 1 atom stereocenters. The molecule has 5 heteroatoms. The molecule has 2 N–H and O–H groups in total. The van der Waals surface area contributed by atoms with Crippen molar-refractivity contribution >= 4 is 43.5 Å². The van der Waals surface area contributed by atoms with Crippen LogP contribution in [0.1, 0.15) is 22.7 Å². The molecule has 0 bridgehead atoms. The Kier molecular flexibility index (Phi) is 4.66. The highest BCUT2D eigenvalue weighted by molar-refractivity contribution is 9.11. The largest absolute Gasteiger partial charge is 0.320 e. The molecular weight excluding hydrogens is 396 g/mol. The van der Waals surface area contributed by atoms with Gasteiger partial charge in [-0.25, -0.2) is 4.39 Å².